The normalized spacial score (nSPS) is 18.4. The SMILES string of the molecule is CC(=O)N1C[C@@H](NC(=O)c2ccc(C)nc2)C[C@@H](Nc2cc(C(F)(F)F)nc3ccc(Cl)cc23)C1. The lowest BCUT2D eigenvalue weighted by molar-refractivity contribution is -0.140. The number of alkyl halides is 3. The second-order valence-electron chi connectivity index (χ2n) is 8.57. The van der Waals surface area contributed by atoms with Crippen molar-refractivity contribution < 1.29 is 22.8 Å². The molecule has 4 rings (SSSR count). The van der Waals surface area contributed by atoms with Gasteiger partial charge < -0.3 is 15.5 Å². The minimum atomic E-state index is -4.64. The van der Waals surface area contributed by atoms with Gasteiger partial charge in [0.1, 0.15) is 5.69 Å². The van der Waals surface area contributed by atoms with Crippen molar-refractivity contribution in [2.45, 2.75) is 38.5 Å². The summed E-state index contributed by atoms with van der Waals surface area (Å²) in [5.74, 6) is -0.543. The molecule has 0 bridgehead atoms. The zero-order valence-corrected chi connectivity index (χ0v) is 19.7. The summed E-state index contributed by atoms with van der Waals surface area (Å²) in [6, 6.07) is 7.92. The summed E-state index contributed by atoms with van der Waals surface area (Å²) in [6.07, 6.45) is -2.78. The minimum absolute atomic E-state index is 0.141. The van der Waals surface area contributed by atoms with Gasteiger partial charge in [0.25, 0.3) is 5.91 Å². The lowest BCUT2D eigenvalue weighted by Gasteiger charge is -2.38. The fraction of sp³-hybridized carbons (Fsp3) is 0.333. The zero-order valence-electron chi connectivity index (χ0n) is 19.0. The molecule has 7 nitrogen and oxygen atoms in total. The number of aryl methyl sites for hydroxylation is 1. The highest BCUT2D eigenvalue weighted by atomic mass is 35.5. The molecule has 0 spiro atoms. The maximum Gasteiger partial charge on any atom is 0.433 e. The minimum Gasteiger partial charge on any atom is -0.380 e. The third-order valence-electron chi connectivity index (χ3n) is 5.83. The molecule has 2 N–H and O–H groups in total. The number of amides is 2. The van der Waals surface area contributed by atoms with E-state index in [-0.39, 0.29) is 36.1 Å². The number of nitrogens with zero attached hydrogens (tertiary/aromatic N) is 3. The Morgan fingerprint density at radius 1 is 1.11 bits per heavy atom. The molecule has 2 aromatic heterocycles. The van der Waals surface area contributed by atoms with Gasteiger partial charge in [0.2, 0.25) is 5.91 Å². The molecule has 11 heteroatoms. The molecule has 3 heterocycles. The average molecular weight is 506 g/mol. The largest absolute Gasteiger partial charge is 0.433 e. The number of piperidine rings is 1. The summed E-state index contributed by atoms with van der Waals surface area (Å²) in [4.78, 5) is 34.3. The third-order valence-corrected chi connectivity index (χ3v) is 6.06. The van der Waals surface area contributed by atoms with Crippen LogP contribution in [0.5, 0.6) is 0 Å². The first-order valence-corrected chi connectivity index (χ1v) is 11.3. The van der Waals surface area contributed by atoms with Gasteiger partial charge in [0.15, 0.2) is 0 Å². The standard InChI is InChI=1S/C24H23ClF3N5O2/c1-13-3-4-15(10-29-13)23(35)31-18-8-17(11-33(12-18)14(2)34)30-21-9-22(24(26,27)28)32-20-6-5-16(25)7-19(20)21/h3-7,9-10,17-18H,8,11-12H2,1-2H3,(H,30,32)(H,31,35)/t17-,18+/m1/s1. The van der Waals surface area contributed by atoms with Gasteiger partial charge in [0.05, 0.1) is 11.1 Å². The van der Waals surface area contributed by atoms with E-state index in [1.165, 1.54) is 25.3 Å². The molecule has 1 fully saturated rings. The van der Waals surface area contributed by atoms with Crippen molar-refractivity contribution in [3.63, 3.8) is 0 Å². The maximum absolute atomic E-state index is 13.5. The van der Waals surface area contributed by atoms with Gasteiger partial charge in [-0.05, 0) is 49.7 Å². The van der Waals surface area contributed by atoms with Crippen molar-refractivity contribution in [3.05, 3.63) is 64.6 Å². The number of pyridine rings is 2. The predicted molar refractivity (Wildman–Crippen MR) is 126 cm³/mol. The first-order valence-electron chi connectivity index (χ1n) is 10.9. The Hall–Kier alpha value is -3.40. The molecule has 1 saturated heterocycles. The van der Waals surface area contributed by atoms with E-state index in [9.17, 15) is 22.8 Å². The Morgan fingerprint density at radius 2 is 1.86 bits per heavy atom. The van der Waals surface area contributed by atoms with Crippen molar-refractivity contribution >= 4 is 40.0 Å². The summed E-state index contributed by atoms with van der Waals surface area (Å²) < 4.78 is 40.5. The number of halogens is 4. The van der Waals surface area contributed by atoms with Gasteiger partial charge in [-0.25, -0.2) is 4.98 Å². The van der Waals surface area contributed by atoms with E-state index in [2.05, 4.69) is 20.6 Å². The Kier molecular flexibility index (Phi) is 6.84. The molecule has 35 heavy (non-hydrogen) atoms. The number of benzene rings is 1. The molecule has 184 valence electrons. The van der Waals surface area contributed by atoms with Crippen molar-refractivity contribution in [1.82, 2.24) is 20.2 Å². The maximum atomic E-state index is 13.5. The number of hydrogen-bond donors (Lipinski definition) is 2. The summed E-state index contributed by atoms with van der Waals surface area (Å²) in [5, 5.41) is 6.84. The van der Waals surface area contributed by atoms with Crippen LogP contribution in [0.15, 0.2) is 42.6 Å². The number of nitrogens with one attached hydrogen (secondary N) is 2. The molecule has 1 aromatic carbocycles. The number of hydrogen-bond acceptors (Lipinski definition) is 5. The number of anilines is 1. The lowest BCUT2D eigenvalue weighted by Crippen LogP contribution is -2.55. The molecule has 0 unspecified atom stereocenters. The van der Waals surface area contributed by atoms with E-state index < -0.39 is 24.0 Å². The molecular formula is C24H23ClF3N5O2. The fourth-order valence-corrected chi connectivity index (χ4v) is 4.29. The van der Waals surface area contributed by atoms with Crippen LogP contribution < -0.4 is 10.6 Å². The second kappa shape index (κ2) is 9.69. The highest BCUT2D eigenvalue weighted by Crippen LogP contribution is 2.34. The molecule has 1 aliphatic rings. The van der Waals surface area contributed by atoms with Crippen LogP contribution in [0.2, 0.25) is 5.02 Å². The number of aromatic nitrogens is 2. The predicted octanol–water partition coefficient (Wildman–Crippen LogP) is 4.44. The number of carbonyl (C=O) groups is 2. The van der Waals surface area contributed by atoms with Crippen LogP contribution in [-0.2, 0) is 11.0 Å². The van der Waals surface area contributed by atoms with E-state index in [0.717, 1.165) is 11.8 Å². The Labute approximate surface area is 204 Å². The smallest absolute Gasteiger partial charge is 0.380 e. The van der Waals surface area contributed by atoms with Crippen LogP contribution in [-0.4, -0.2) is 51.9 Å². The van der Waals surface area contributed by atoms with Crippen molar-refractivity contribution in [2.24, 2.45) is 0 Å². The van der Waals surface area contributed by atoms with E-state index in [0.29, 0.717) is 22.4 Å². The van der Waals surface area contributed by atoms with E-state index in [4.69, 9.17) is 11.6 Å². The van der Waals surface area contributed by atoms with E-state index in [1.54, 1.807) is 23.1 Å². The van der Waals surface area contributed by atoms with Crippen molar-refractivity contribution in [1.29, 1.82) is 0 Å². The topological polar surface area (TPSA) is 87.2 Å². The third kappa shape index (κ3) is 5.82. The number of fused-ring (bicyclic) bond motifs is 1. The fourth-order valence-electron chi connectivity index (χ4n) is 4.12. The van der Waals surface area contributed by atoms with E-state index in [1.807, 2.05) is 6.92 Å². The Morgan fingerprint density at radius 3 is 2.51 bits per heavy atom. The summed E-state index contributed by atoms with van der Waals surface area (Å²) in [7, 11) is 0. The molecule has 3 aromatic rings. The quantitative estimate of drug-likeness (QED) is 0.547. The van der Waals surface area contributed by atoms with Crippen LogP contribution in [0.3, 0.4) is 0 Å². The van der Waals surface area contributed by atoms with Crippen LogP contribution in [0.25, 0.3) is 10.9 Å². The number of rotatable bonds is 4. The highest BCUT2D eigenvalue weighted by molar-refractivity contribution is 6.31. The monoisotopic (exact) mass is 505 g/mol. The molecule has 1 aliphatic heterocycles. The highest BCUT2D eigenvalue weighted by Gasteiger charge is 2.35. The summed E-state index contributed by atoms with van der Waals surface area (Å²) >= 11 is 6.09. The van der Waals surface area contributed by atoms with Crippen LogP contribution in [0.1, 0.15) is 35.1 Å². The summed E-state index contributed by atoms with van der Waals surface area (Å²) in [5.41, 5.74) is 0.459. The molecule has 0 saturated carbocycles. The van der Waals surface area contributed by atoms with E-state index >= 15 is 0 Å². The molecule has 0 aliphatic carbocycles. The van der Waals surface area contributed by atoms with Gasteiger partial charge in [-0.15, -0.1) is 0 Å². The molecule has 2 atom stereocenters. The Balaban J connectivity index is 1.61. The molecular weight excluding hydrogens is 483 g/mol. The summed E-state index contributed by atoms with van der Waals surface area (Å²) in [6.45, 7) is 3.77. The molecule has 0 radical (unpaired) electrons. The van der Waals surface area contributed by atoms with Crippen molar-refractivity contribution in [2.75, 3.05) is 18.4 Å². The van der Waals surface area contributed by atoms with Gasteiger partial charge in [-0.3, -0.25) is 14.6 Å². The second-order valence-corrected chi connectivity index (χ2v) is 9.01. The zero-order chi connectivity index (χ0) is 25.3. The number of likely N-dealkylation sites (tertiary alicyclic amines) is 1. The Bertz CT molecular complexity index is 1270. The van der Waals surface area contributed by atoms with Crippen molar-refractivity contribution in [3.8, 4) is 0 Å². The van der Waals surface area contributed by atoms with Gasteiger partial charge in [-0.1, -0.05) is 11.6 Å². The van der Waals surface area contributed by atoms with Gasteiger partial charge in [0, 0.05) is 60.1 Å². The molecule has 2 amide bonds. The van der Waals surface area contributed by atoms with Gasteiger partial charge >= 0.3 is 6.18 Å². The van der Waals surface area contributed by atoms with Crippen LogP contribution >= 0.6 is 11.6 Å². The average Bonchev–Trinajstić information content (AvgIpc) is 2.78. The van der Waals surface area contributed by atoms with Crippen LogP contribution in [0.4, 0.5) is 18.9 Å². The number of carbonyl (C=O) groups excluding carboxylic acids is 2. The van der Waals surface area contributed by atoms with Crippen LogP contribution in [0, 0.1) is 6.92 Å². The van der Waals surface area contributed by atoms with Gasteiger partial charge in [-0.2, -0.15) is 13.2 Å². The lowest BCUT2D eigenvalue weighted by atomic mass is 9.99. The first kappa shape index (κ1) is 24.7. The first-order chi connectivity index (χ1) is 16.5.